The molecule has 0 aliphatic rings. The molecule has 0 radical (unpaired) electrons. The predicted octanol–water partition coefficient (Wildman–Crippen LogP) is 4.39. The monoisotopic (exact) mass is 382 g/mol. The van der Waals surface area contributed by atoms with Crippen LogP contribution < -0.4 is 5.73 Å². The third kappa shape index (κ3) is 4.31. The van der Waals surface area contributed by atoms with Crippen molar-refractivity contribution in [2.75, 3.05) is 19.6 Å². The SMILES string of the molecule is CCCCN(CC)C(CN)c1cc(Br)c(Br)s1. The molecular formula is C12H20Br2N2S. The van der Waals surface area contributed by atoms with Crippen LogP contribution in [-0.2, 0) is 0 Å². The number of halogens is 2. The summed E-state index contributed by atoms with van der Waals surface area (Å²) in [5.41, 5.74) is 5.95. The molecule has 1 aromatic heterocycles. The summed E-state index contributed by atoms with van der Waals surface area (Å²) in [6.45, 7) is 7.29. The Labute approximate surface area is 125 Å². The Kier molecular flexibility index (Phi) is 7.26. The maximum absolute atomic E-state index is 5.95. The van der Waals surface area contributed by atoms with Crippen LogP contribution in [0.25, 0.3) is 0 Å². The lowest BCUT2D eigenvalue weighted by Gasteiger charge is -2.28. The second-order valence-electron chi connectivity index (χ2n) is 4.00. The molecule has 1 atom stereocenters. The number of unbranched alkanes of at least 4 members (excludes halogenated alkanes) is 1. The van der Waals surface area contributed by atoms with Crippen molar-refractivity contribution in [3.05, 3.63) is 19.2 Å². The molecule has 0 spiro atoms. The fourth-order valence-corrected chi connectivity index (χ4v) is 4.11. The Hall–Kier alpha value is 0.580. The Bertz CT molecular complexity index is 322. The van der Waals surface area contributed by atoms with Crippen LogP contribution in [0.15, 0.2) is 14.3 Å². The fourth-order valence-electron chi connectivity index (χ4n) is 1.87. The molecule has 0 saturated carbocycles. The zero-order chi connectivity index (χ0) is 12.8. The first-order valence-electron chi connectivity index (χ1n) is 6.02. The Morgan fingerprint density at radius 1 is 1.41 bits per heavy atom. The number of likely N-dealkylation sites (N-methyl/N-ethyl adjacent to an activating group) is 1. The van der Waals surface area contributed by atoms with Gasteiger partial charge in [0.1, 0.15) is 0 Å². The third-order valence-corrected chi connectivity index (χ3v) is 6.22. The van der Waals surface area contributed by atoms with E-state index in [0.29, 0.717) is 12.6 Å². The van der Waals surface area contributed by atoms with Gasteiger partial charge in [0.05, 0.1) is 9.83 Å². The second kappa shape index (κ2) is 7.89. The fraction of sp³-hybridized carbons (Fsp3) is 0.667. The van der Waals surface area contributed by atoms with Crippen LogP contribution in [0.5, 0.6) is 0 Å². The molecule has 1 aromatic rings. The molecule has 0 aliphatic carbocycles. The van der Waals surface area contributed by atoms with Crippen molar-refractivity contribution in [2.45, 2.75) is 32.7 Å². The van der Waals surface area contributed by atoms with Gasteiger partial charge in [0, 0.05) is 15.9 Å². The first-order chi connectivity index (χ1) is 8.13. The van der Waals surface area contributed by atoms with Gasteiger partial charge in [-0.25, -0.2) is 0 Å². The zero-order valence-corrected chi connectivity index (χ0v) is 14.4. The van der Waals surface area contributed by atoms with Crippen LogP contribution in [0.1, 0.15) is 37.6 Å². The molecule has 0 bridgehead atoms. The summed E-state index contributed by atoms with van der Waals surface area (Å²) < 4.78 is 2.28. The van der Waals surface area contributed by atoms with Crippen molar-refractivity contribution in [3.8, 4) is 0 Å². The molecule has 2 nitrogen and oxygen atoms in total. The number of nitrogens with zero attached hydrogens (tertiary/aromatic N) is 1. The van der Waals surface area contributed by atoms with Crippen molar-refractivity contribution in [1.82, 2.24) is 4.90 Å². The summed E-state index contributed by atoms with van der Waals surface area (Å²) in [5, 5.41) is 0. The average Bonchev–Trinajstić information content (AvgIpc) is 2.64. The van der Waals surface area contributed by atoms with Crippen molar-refractivity contribution in [1.29, 1.82) is 0 Å². The van der Waals surface area contributed by atoms with E-state index in [2.05, 4.69) is 56.7 Å². The molecule has 1 rings (SSSR count). The maximum Gasteiger partial charge on any atom is 0.0843 e. The highest BCUT2D eigenvalue weighted by Crippen LogP contribution is 2.37. The van der Waals surface area contributed by atoms with E-state index in [1.165, 1.54) is 17.7 Å². The third-order valence-electron chi connectivity index (χ3n) is 2.86. The molecule has 1 unspecified atom stereocenters. The van der Waals surface area contributed by atoms with E-state index < -0.39 is 0 Å². The van der Waals surface area contributed by atoms with Gasteiger partial charge in [-0.3, -0.25) is 4.90 Å². The smallest absolute Gasteiger partial charge is 0.0843 e. The van der Waals surface area contributed by atoms with E-state index in [1.54, 1.807) is 11.3 Å². The quantitative estimate of drug-likeness (QED) is 0.756. The van der Waals surface area contributed by atoms with Gasteiger partial charge in [-0.15, -0.1) is 11.3 Å². The first kappa shape index (κ1) is 15.6. The molecule has 0 aromatic carbocycles. The highest BCUT2D eigenvalue weighted by Gasteiger charge is 2.20. The van der Waals surface area contributed by atoms with Crippen LogP contribution in [-0.4, -0.2) is 24.5 Å². The lowest BCUT2D eigenvalue weighted by Crippen LogP contribution is -2.33. The summed E-state index contributed by atoms with van der Waals surface area (Å²) in [6, 6.07) is 2.53. The summed E-state index contributed by atoms with van der Waals surface area (Å²) >= 11 is 8.86. The van der Waals surface area contributed by atoms with E-state index in [-0.39, 0.29) is 0 Å². The summed E-state index contributed by atoms with van der Waals surface area (Å²) in [5.74, 6) is 0. The Morgan fingerprint density at radius 3 is 2.53 bits per heavy atom. The van der Waals surface area contributed by atoms with Crippen LogP contribution in [0.3, 0.4) is 0 Å². The van der Waals surface area contributed by atoms with Crippen molar-refractivity contribution in [2.24, 2.45) is 5.73 Å². The molecule has 0 amide bonds. The lowest BCUT2D eigenvalue weighted by molar-refractivity contribution is 0.212. The van der Waals surface area contributed by atoms with Crippen LogP contribution in [0, 0.1) is 0 Å². The molecule has 0 fully saturated rings. The molecule has 0 aliphatic heterocycles. The van der Waals surface area contributed by atoms with Crippen LogP contribution in [0.4, 0.5) is 0 Å². The highest BCUT2D eigenvalue weighted by atomic mass is 79.9. The average molecular weight is 384 g/mol. The molecule has 0 saturated heterocycles. The van der Waals surface area contributed by atoms with Gasteiger partial charge in [-0.2, -0.15) is 0 Å². The predicted molar refractivity (Wildman–Crippen MR) is 83.7 cm³/mol. The number of thiophene rings is 1. The van der Waals surface area contributed by atoms with E-state index in [0.717, 1.165) is 21.3 Å². The van der Waals surface area contributed by atoms with E-state index >= 15 is 0 Å². The zero-order valence-electron chi connectivity index (χ0n) is 10.4. The number of nitrogens with two attached hydrogens (primary N) is 1. The molecule has 2 N–H and O–H groups in total. The number of hydrogen-bond acceptors (Lipinski definition) is 3. The minimum Gasteiger partial charge on any atom is -0.329 e. The van der Waals surface area contributed by atoms with Gasteiger partial charge in [0.15, 0.2) is 0 Å². The highest BCUT2D eigenvalue weighted by molar-refractivity contribution is 9.13. The largest absolute Gasteiger partial charge is 0.329 e. The van der Waals surface area contributed by atoms with Crippen molar-refractivity contribution in [3.63, 3.8) is 0 Å². The first-order valence-corrected chi connectivity index (χ1v) is 8.43. The van der Waals surface area contributed by atoms with Crippen LogP contribution in [0.2, 0.25) is 0 Å². The number of rotatable bonds is 7. The van der Waals surface area contributed by atoms with Crippen molar-refractivity contribution < 1.29 is 0 Å². The summed E-state index contributed by atoms with van der Waals surface area (Å²) in [4.78, 5) is 3.80. The Morgan fingerprint density at radius 2 is 2.12 bits per heavy atom. The summed E-state index contributed by atoms with van der Waals surface area (Å²) in [7, 11) is 0. The molecule has 1 heterocycles. The standard InChI is InChI=1S/C12H20Br2N2S/c1-3-5-6-16(4-2)10(8-15)11-7-9(13)12(14)17-11/h7,10H,3-6,8,15H2,1-2H3. The van der Waals surface area contributed by atoms with Gasteiger partial charge in [0.25, 0.3) is 0 Å². The summed E-state index contributed by atoms with van der Waals surface area (Å²) in [6.07, 6.45) is 2.46. The van der Waals surface area contributed by atoms with E-state index in [1.807, 2.05) is 0 Å². The van der Waals surface area contributed by atoms with Crippen molar-refractivity contribution >= 4 is 43.2 Å². The van der Waals surface area contributed by atoms with E-state index in [4.69, 9.17) is 5.73 Å². The maximum atomic E-state index is 5.95. The topological polar surface area (TPSA) is 29.3 Å². The minimum absolute atomic E-state index is 0.346. The molecular weight excluding hydrogens is 364 g/mol. The Balaban J connectivity index is 2.80. The molecule has 98 valence electrons. The van der Waals surface area contributed by atoms with E-state index in [9.17, 15) is 0 Å². The lowest BCUT2D eigenvalue weighted by atomic mass is 10.2. The second-order valence-corrected chi connectivity index (χ2v) is 7.26. The molecule has 5 heteroatoms. The van der Waals surface area contributed by atoms with Gasteiger partial charge >= 0.3 is 0 Å². The molecule has 17 heavy (non-hydrogen) atoms. The van der Waals surface area contributed by atoms with Gasteiger partial charge in [-0.05, 0) is 57.4 Å². The van der Waals surface area contributed by atoms with Gasteiger partial charge < -0.3 is 5.73 Å². The number of hydrogen-bond donors (Lipinski definition) is 1. The van der Waals surface area contributed by atoms with Gasteiger partial charge in [0.2, 0.25) is 0 Å². The van der Waals surface area contributed by atoms with Gasteiger partial charge in [-0.1, -0.05) is 20.3 Å². The normalized spacial score (nSPS) is 13.3. The minimum atomic E-state index is 0.346. The van der Waals surface area contributed by atoms with Crippen LogP contribution >= 0.6 is 43.2 Å².